The Kier molecular flexibility index (Phi) is 6.71. The SMILES string of the molecule is CC(=O)N1CCC[C@H]1C(=O)N[C@@H](Cc1ccccc1)C(=O)NCC(N)=O. The molecule has 140 valence electrons. The van der Waals surface area contributed by atoms with Crippen molar-refractivity contribution in [1.29, 1.82) is 0 Å². The number of nitrogens with one attached hydrogen (secondary N) is 2. The van der Waals surface area contributed by atoms with Gasteiger partial charge in [-0.25, -0.2) is 0 Å². The van der Waals surface area contributed by atoms with Crippen molar-refractivity contribution in [3.63, 3.8) is 0 Å². The minimum atomic E-state index is -0.862. The first-order valence-electron chi connectivity index (χ1n) is 8.56. The van der Waals surface area contributed by atoms with Gasteiger partial charge in [-0.05, 0) is 18.4 Å². The van der Waals surface area contributed by atoms with Crippen molar-refractivity contribution in [1.82, 2.24) is 15.5 Å². The van der Waals surface area contributed by atoms with Gasteiger partial charge in [0.15, 0.2) is 0 Å². The van der Waals surface area contributed by atoms with Gasteiger partial charge >= 0.3 is 0 Å². The Hall–Kier alpha value is -2.90. The molecule has 4 amide bonds. The molecule has 1 fully saturated rings. The van der Waals surface area contributed by atoms with Gasteiger partial charge in [0, 0.05) is 19.9 Å². The minimum Gasteiger partial charge on any atom is -0.368 e. The number of carbonyl (C=O) groups excluding carboxylic acids is 4. The first-order valence-corrected chi connectivity index (χ1v) is 8.56. The van der Waals surface area contributed by atoms with Crippen molar-refractivity contribution in [2.24, 2.45) is 5.73 Å². The fourth-order valence-electron chi connectivity index (χ4n) is 3.04. The van der Waals surface area contributed by atoms with Crippen LogP contribution in [0.15, 0.2) is 30.3 Å². The molecular formula is C18H24N4O4. The lowest BCUT2D eigenvalue weighted by molar-refractivity contribution is -0.138. The van der Waals surface area contributed by atoms with E-state index in [-0.39, 0.29) is 24.8 Å². The molecule has 8 nitrogen and oxygen atoms in total. The third-order valence-electron chi connectivity index (χ3n) is 4.31. The van der Waals surface area contributed by atoms with E-state index in [0.29, 0.717) is 13.0 Å². The van der Waals surface area contributed by atoms with Crippen molar-refractivity contribution in [3.8, 4) is 0 Å². The highest BCUT2D eigenvalue weighted by molar-refractivity contribution is 5.93. The number of likely N-dealkylation sites (tertiary alicyclic amines) is 1. The second-order valence-corrected chi connectivity index (χ2v) is 6.31. The van der Waals surface area contributed by atoms with Crippen LogP contribution >= 0.6 is 0 Å². The van der Waals surface area contributed by atoms with Crippen LogP contribution in [0.4, 0.5) is 0 Å². The molecule has 1 aliphatic rings. The van der Waals surface area contributed by atoms with E-state index in [9.17, 15) is 19.2 Å². The summed E-state index contributed by atoms with van der Waals surface area (Å²) in [5, 5.41) is 5.14. The second-order valence-electron chi connectivity index (χ2n) is 6.31. The lowest BCUT2D eigenvalue weighted by Crippen LogP contribution is -2.54. The van der Waals surface area contributed by atoms with Crippen LogP contribution in [0, 0.1) is 0 Å². The number of carbonyl (C=O) groups is 4. The standard InChI is InChI=1S/C18H24N4O4/c1-12(23)22-9-5-8-15(22)18(26)21-14(17(25)20-11-16(19)24)10-13-6-3-2-4-7-13/h2-4,6-7,14-15H,5,8-11H2,1H3,(H2,19,24)(H,20,25)(H,21,26)/t14-,15-/m0/s1. The number of benzene rings is 1. The van der Waals surface area contributed by atoms with Gasteiger partial charge in [-0.2, -0.15) is 0 Å². The highest BCUT2D eigenvalue weighted by atomic mass is 16.2. The van der Waals surface area contributed by atoms with Gasteiger partial charge in [-0.15, -0.1) is 0 Å². The molecular weight excluding hydrogens is 336 g/mol. The predicted molar refractivity (Wildman–Crippen MR) is 94.7 cm³/mol. The lowest BCUT2D eigenvalue weighted by atomic mass is 10.0. The summed E-state index contributed by atoms with van der Waals surface area (Å²) in [6.45, 7) is 1.65. The van der Waals surface area contributed by atoms with Gasteiger partial charge in [0.1, 0.15) is 12.1 Å². The molecule has 0 unspecified atom stereocenters. The van der Waals surface area contributed by atoms with E-state index in [1.807, 2.05) is 30.3 Å². The molecule has 1 aliphatic heterocycles. The zero-order chi connectivity index (χ0) is 19.1. The predicted octanol–water partition coefficient (Wildman–Crippen LogP) is -0.674. The van der Waals surface area contributed by atoms with Crippen LogP contribution in [0.5, 0.6) is 0 Å². The van der Waals surface area contributed by atoms with Crippen LogP contribution in [0.3, 0.4) is 0 Å². The van der Waals surface area contributed by atoms with Gasteiger partial charge in [0.05, 0.1) is 6.54 Å². The Morgan fingerprint density at radius 1 is 1.23 bits per heavy atom. The molecule has 26 heavy (non-hydrogen) atoms. The van der Waals surface area contributed by atoms with Crippen LogP contribution in [0.2, 0.25) is 0 Å². The van der Waals surface area contributed by atoms with Crippen LogP contribution in [0.25, 0.3) is 0 Å². The normalized spacial score (nSPS) is 17.4. The molecule has 0 spiro atoms. The van der Waals surface area contributed by atoms with Crippen LogP contribution in [-0.2, 0) is 25.6 Å². The van der Waals surface area contributed by atoms with Crippen LogP contribution in [-0.4, -0.2) is 53.7 Å². The monoisotopic (exact) mass is 360 g/mol. The molecule has 2 atom stereocenters. The van der Waals surface area contributed by atoms with E-state index in [1.54, 1.807) is 0 Å². The summed E-state index contributed by atoms with van der Waals surface area (Å²) >= 11 is 0. The number of primary amides is 1. The summed E-state index contributed by atoms with van der Waals surface area (Å²) in [5.74, 6) is -1.69. The third kappa shape index (κ3) is 5.30. The average molecular weight is 360 g/mol. The summed E-state index contributed by atoms with van der Waals surface area (Å²) in [6, 6.07) is 7.78. The van der Waals surface area contributed by atoms with Crippen molar-refractivity contribution < 1.29 is 19.2 Å². The largest absolute Gasteiger partial charge is 0.368 e. The van der Waals surface area contributed by atoms with E-state index in [2.05, 4.69) is 10.6 Å². The Morgan fingerprint density at radius 3 is 2.54 bits per heavy atom. The highest BCUT2D eigenvalue weighted by Gasteiger charge is 2.34. The maximum atomic E-state index is 12.6. The number of hydrogen-bond donors (Lipinski definition) is 3. The van der Waals surface area contributed by atoms with E-state index in [4.69, 9.17) is 5.73 Å². The zero-order valence-electron chi connectivity index (χ0n) is 14.7. The van der Waals surface area contributed by atoms with Crippen LogP contribution < -0.4 is 16.4 Å². The molecule has 0 aromatic heterocycles. The van der Waals surface area contributed by atoms with Crippen LogP contribution in [0.1, 0.15) is 25.3 Å². The zero-order valence-corrected chi connectivity index (χ0v) is 14.7. The fourth-order valence-corrected chi connectivity index (χ4v) is 3.04. The first kappa shape index (κ1) is 19.4. The van der Waals surface area contributed by atoms with Gasteiger partial charge in [0.2, 0.25) is 23.6 Å². The second kappa shape index (κ2) is 8.98. The molecule has 2 rings (SSSR count). The number of nitrogens with zero attached hydrogens (tertiary/aromatic N) is 1. The van der Waals surface area contributed by atoms with Crippen molar-refractivity contribution >= 4 is 23.6 Å². The molecule has 1 aromatic carbocycles. The molecule has 1 aromatic rings. The van der Waals surface area contributed by atoms with E-state index in [1.165, 1.54) is 11.8 Å². The Labute approximate surface area is 152 Å². The molecule has 8 heteroatoms. The molecule has 0 radical (unpaired) electrons. The number of amides is 4. The average Bonchev–Trinajstić information content (AvgIpc) is 3.10. The maximum Gasteiger partial charge on any atom is 0.243 e. The molecule has 1 saturated heterocycles. The first-order chi connectivity index (χ1) is 12.4. The summed E-state index contributed by atoms with van der Waals surface area (Å²) in [5.41, 5.74) is 5.92. The number of rotatable bonds is 7. The number of hydrogen-bond acceptors (Lipinski definition) is 4. The van der Waals surface area contributed by atoms with E-state index in [0.717, 1.165) is 12.0 Å². The smallest absolute Gasteiger partial charge is 0.243 e. The maximum absolute atomic E-state index is 12.6. The Morgan fingerprint density at radius 2 is 1.92 bits per heavy atom. The van der Waals surface area contributed by atoms with Crippen molar-refractivity contribution in [3.05, 3.63) is 35.9 Å². The Bertz CT molecular complexity index is 677. The van der Waals surface area contributed by atoms with Gasteiger partial charge in [0.25, 0.3) is 0 Å². The molecule has 4 N–H and O–H groups in total. The minimum absolute atomic E-state index is 0.166. The fraction of sp³-hybridized carbons (Fsp3) is 0.444. The number of nitrogens with two attached hydrogens (primary N) is 1. The lowest BCUT2D eigenvalue weighted by Gasteiger charge is -2.25. The molecule has 1 heterocycles. The van der Waals surface area contributed by atoms with Crippen molar-refractivity contribution in [2.45, 2.75) is 38.3 Å². The van der Waals surface area contributed by atoms with E-state index >= 15 is 0 Å². The topological polar surface area (TPSA) is 122 Å². The third-order valence-corrected chi connectivity index (χ3v) is 4.31. The quantitative estimate of drug-likeness (QED) is 0.597. The summed E-state index contributed by atoms with van der Waals surface area (Å²) in [4.78, 5) is 49.1. The summed E-state index contributed by atoms with van der Waals surface area (Å²) < 4.78 is 0. The van der Waals surface area contributed by atoms with Gasteiger partial charge in [-0.3, -0.25) is 19.2 Å². The molecule has 0 bridgehead atoms. The van der Waals surface area contributed by atoms with Gasteiger partial charge < -0.3 is 21.3 Å². The molecule has 0 aliphatic carbocycles. The summed E-state index contributed by atoms with van der Waals surface area (Å²) in [7, 11) is 0. The highest BCUT2D eigenvalue weighted by Crippen LogP contribution is 2.17. The molecule has 0 saturated carbocycles. The van der Waals surface area contributed by atoms with Gasteiger partial charge in [-0.1, -0.05) is 30.3 Å². The van der Waals surface area contributed by atoms with E-state index < -0.39 is 23.9 Å². The summed E-state index contributed by atoms with van der Waals surface area (Å²) in [6.07, 6.45) is 1.57. The van der Waals surface area contributed by atoms with Crippen molar-refractivity contribution in [2.75, 3.05) is 13.1 Å². The Balaban J connectivity index is 2.09.